The third kappa shape index (κ3) is 6.99. The lowest BCUT2D eigenvalue weighted by atomic mass is 9.92. The van der Waals surface area contributed by atoms with E-state index in [1.807, 2.05) is 0 Å². The molecule has 0 atom stereocenters. The van der Waals surface area contributed by atoms with Gasteiger partial charge in [-0.1, -0.05) is 206 Å². The molecule has 1 heterocycles. The highest BCUT2D eigenvalue weighted by Gasteiger charge is 2.21. The van der Waals surface area contributed by atoms with Crippen LogP contribution >= 0.6 is 0 Å². The molecular formula is C66H43NO. The van der Waals surface area contributed by atoms with Gasteiger partial charge in [0.25, 0.3) is 0 Å². The summed E-state index contributed by atoms with van der Waals surface area (Å²) in [6, 6.07) is 94.4. The van der Waals surface area contributed by atoms with Gasteiger partial charge in [-0.05, 0) is 143 Å². The monoisotopic (exact) mass is 865 g/mol. The average Bonchev–Trinajstić information content (AvgIpc) is 3.41. The van der Waals surface area contributed by atoms with Crippen LogP contribution in [0.1, 0.15) is 0 Å². The molecule has 13 rings (SSSR count). The van der Waals surface area contributed by atoms with E-state index in [0.29, 0.717) is 0 Å². The Morgan fingerprint density at radius 3 is 1.24 bits per heavy atom. The molecule has 0 aromatic heterocycles. The summed E-state index contributed by atoms with van der Waals surface area (Å²) in [5, 5.41) is 7.38. The Hall–Kier alpha value is -8.98. The zero-order valence-electron chi connectivity index (χ0n) is 37.2. The van der Waals surface area contributed by atoms with E-state index in [2.05, 4.69) is 266 Å². The summed E-state index contributed by atoms with van der Waals surface area (Å²) in [4.78, 5) is 2.36. The van der Waals surface area contributed by atoms with Crippen molar-refractivity contribution in [3.8, 4) is 78.3 Å². The summed E-state index contributed by atoms with van der Waals surface area (Å²) in [6.07, 6.45) is 0. The van der Waals surface area contributed by atoms with E-state index in [0.717, 1.165) is 50.6 Å². The number of nitrogens with zero attached hydrogens (tertiary/aromatic N) is 1. The van der Waals surface area contributed by atoms with Crippen molar-refractivity contribution in [3.05, 3.63) is 261 Å². The Labute approximate surface area is 396 Å². The molecule has 0 spiro atoms. The lowest BCUT2D eigenvalue weighted by Crippen LogP contribution is -2.10. The van der Waals surface area contributed by atoms with Crippen molar-refractivity contribution in [1.82, 2.24) is 0 Å². The zero-order chi connectivity index (χ0) is 45.0. The number of ether oxygens (including phenoxy) is 1. The molecule has 0 bridgehead atoms. The van der Waals surface area contributed by atoms with Gasteiger partial charge >= 0.3 is 0 Å². The highest BCUT2D eigenvalue weighted by atomic mass is 16.5. The summed E-state index contributed by atoms with van der Waals surface area (Å²) in [5.41, 5.74) is 17.4. The first-order chi connectivity index (χ1) is 33.7. The lowest BCUT2D eigenvalue weighted by molar-refractivity contribution is 0.487. The molecule has 1 aliphatic heterocycles. The fourth-order valence-electron chi connectivity index (χ4n) is 10.3. The van der Waals surface area contributed by atoms with Gasteiger partial charge in [0.1, 0.15) is 11.5 Å². The van der Waals surface area contributed by atoms with Crippen LogP contribution in [0.15, 0.2) is 261 Å². The maximum Gasteiger partial charge on any atom is 0.135 e. The Morgan fingerprint density at radius 2 is 0.662 bits per heavy atom. The first-order valence-electron chi connectivity index (χ1n) is 23.3. The average molecular weight is 866 g/mol. The second kappa shape index (κ2) is 16.5. The molecular weight excluding hydrogens is 823 g/mol. The summed E-state index contributed by atoms with van der Waals surface area (Å²) >= 11 is 0. The summed E-state index contributed by atoms with van der Waals surface area (Å²) in [5.74, 6) is 1.79. The van der Waals surface area contributed by atoms with Crippen LogP contribution in [0.5, 0.6) is 11.5 Å². The molecule has 1 aliphatic rings. The smallest absolute Gasteiger partial charge is 0.135 e. The molecule has 12 aromatic rings. The van der Waals surface area contributed by atoms with E-state index >= 15 is 0 Å². The van der Waals surface area contributed by atoms with E-state index in [1.165, 1.54) is 77.0 Å². The van der Waals surface area contributed by atoms with Crippen LogP contribution in [0, 0.1) is 0 Å². The van der Waals surface area contributed by atoms with Crippen LogP contribution in [-0.2, 0) is 0 Å². The van der Waals surface area contributed by atoms with E-state index < -0.39 is 0 Å². The molecule has 0 aliphatic carbocycles. The number of hydrogen-bond acceptors (Lipinski definition) is 2. The minimum Gasteiger partial charge on any atom is -0.456 e. The Balaban J connectivity index is 0.852. The number of fused-ring (bicyclic) bond motifs is 4. The molecule has 318 valence electrons. The van der Waals surface area contributed by atoms with E-state index in [9.17, 15) is 0 Å². The summed E-state index contributed by atoms with van der Waals surface area (Å²) in [6.45, 7) is 0. The van der Waals surface area contributed by atoms with E-state index in [-0.39, 0.29) is 0 Å². The SMILES string of the molecule is c1cc(-c2ccc3c(c2)-c2cccc4cccc(c24)O3)cc(N(c2ccc(-c3ccc(-c4cccc5ccccc45)cc3)cc2)c2ccc(-c3ccc(-c4cccc5ccccc45)cc3)cc2)c1. The van der Waals surface area contributed by atoms with Crippen LogP contribution in [0.2, 0.25) is 0 Å². The third-order valence-electron chi connectivity index (χ3n) is 13.7. The number of hydrogen-bond donors (Lipinski definition) is 0. The molecule has 0 saturated heterocycles. The minimum absolute atomic E-state index is 0.879. The number of rotatable bonds is 8. The van der Waals surface area contributed by atoms with Crippen LogP contribution in [0.4, 0.5) is 17.1 Å². The highest BCUT2D eigenvalue weighted by molar-refractivity contribution is 6.05. The molecule has 12 aromatic carbocycles. The molecule has 0 saturated carbocycles. The summed E-state index contributed by atoms with van der Waals surface area (Å²) in [7, 11) is 0. The fourth-order valence-corrected chi connectivity index (χ4v) is 10.3. The molecule has 2 nitrogen and oxygen atoms in total. The summed E-state index contributed by atoms with van der Waals surface area (Å²) < 4.78 is 6.48. The highest BCUT2D eigenvalue weighted by Crippen LogP contribution is 2.48. The standard InChI is InChI=1S/C66H43NO/c1-3-18-58-48(10-1)12-6-20-60(58)50-28-24-44(25-29-50)46-32-37-55(38-33-46)67(56-39-34-47(35-40-56)45-26-30-51(31-27-45)61-21-7-13-49-11-2-4-19-59(49)61)57-17-5-16-53(42-57)54-36-41-64-63(43-54)62-22-8-14-52-15-9-23-65(68-64)66(52)62/h1-43H. The molecule has 0 N–H and O–H groups in total. The Morgan fingerprint density at radius 1 is 0.235 bits per heavy atom. The topological polar surface area (TPSA) is 12.5 Å². The van der Waals surface area contributed by atoms with Gasteiger partial charge in [0.2, 0.25) is 0 Å². The lowest BCUT2D eigenvalue weighted by Gasteiger charge is -2.27. The van der Waals surface area contributed by atoms with Crippen molar-refractivity contribution in [2.24, 2.45) is 0 Å². The molecule has 0 unspecified atom stereocenters. The maximum absolute atomic E-state index is 6.48. The Bertz CT molecular complexity index is 3670. The van der Waals surface area contributed by atoms with Gasteiger partial charge in [-0.25, -0.2) is 0 Å². The Kier molecular flexibility index (Phi) is 9.54. The predicted octanol–water partition coefficient (Wildman–Crippen LogP) is 18.7. The predicted molar refractivity (Wildman–Crippen MR) is 286 cm³/mol. The largest absolute Gasteiger partial charge is 0.456 e. The van der Waals surface area contributed by atoms with Gasteiger partial charge in [0.05, 0.1) is 0 Å². The third-order valence-corrected chi connectivity index (χ3v) is 13.7. The van der Waals surface area contributed by atoms with Gasteiger partial charge < -0.3 is 9.64 Å². The molecule has 0 radical (unpaired) electrons. The minimum atomic E-state index is 0.879. The van der Waals surface area contributed by atoms with E-state index in [4.69, 9.17) is 4.74 Å². The molecule has 0 fully saturated rings. The fraction of sp³-hybridized carbons (Fsp3) is 0. The number of anilines is 3. The zero-order valence-corrected chi connectivity index (χ0v) is 37.2. The van der Waals surface area contributed by atoms with Gasteiger partial charge in [0, 0.05) is 28.0 Å². The van der Waals surface area contributed by atoms with Gasteiger partial charge in [0.15, 0.2) is 0 Å². The molecule has 0 amide bonds. The van der Waals surface area contributed by atoms with E-state index in [1.54, 1.807) is 0 Å². The second-order valence-corrected chi connectivity index (χ2v) is 17.7. The van der Waals surface area contributed by atoms with Gasteiger partial charge in [-0.15, -0.1) is 0 Å². The van der Waals surface area contributed by atoms with Crippen LogP contribution in [0.25, 0.3) is 99.1 Å². The first kappa shape index (κ1) is 39.4. The van der Waals surface area contributed by atoms with Crippen molar-refractivity contribution < 1.29 is 4.74 Å². The quantitative estimate of drug-likeness (QED) is 0.151. The van der Waals surface area contributed by atoms with Crippen LogP contribution < -0.4 is 9.64 Å². The van der Waals surface area contributed by atoms with Crippen LogP contribution in [0.3, 0.4) is 0 Å². The van der Waals surface area contributed by atoms with Gasteiger partial charge in [-0.3, -0.25) is 0 Å². The molecule has 2 heteroatoms. The number of benzene rings is 12. The van der Waals surface area contributed by atoms with Crippen molar-refractivity contribution in [2.75, 3.05) is 4.90 Å². The second-order valence-electron chi connectivity index (χ2n) is 17.7. The van der Waals surface area contributed by atoms with Crippen molar-refractivity contribution >= 4 is 49.4 Å². The maximum atomic E-state index is 6.48. The van der Waals surface area contributed by atoms with Crippen molar-refractivity contribution in [1.29, 1.82) is 0 Å². The molecule has 68 heavy (non-hydrogen) atoms. The van der Waals surface area contributed by atoms with Crippen molar-refractivity contribution in [3.63, 3.8) is 0 Å². The van der Waals surface area contributed by atoms with Crippen molar-refractivity contribution in [2.45, 2.75) is 0 Å². The normalized spacial score (nSPS) is 11.6. The van der Waals surface area contributed by atoms with Gasteiger partial charge in [-0.2, -0.15) is 0 Å². The van der Waals surface area contributed by atoms with Crippen LogP contribution in [-0.4, -0.2) is 0 Å². The first-order valence-corrected chi connectivity index (χ1v) is 23.3.